The summed E-state index contributed by atoms with van der Waals surface area (Å²) < 4.78 is 11.0. The Hall–Kier alpha value is -1.02. The summed E-state index contributed by atoms with van der Waals surface area (Å²) in [5.41, 5.74) is 1.05. The molecular weight excluding hydrogens is 417 g/mol. The first-order valence-corrected chi connectivity index (χ1v) is 8.50. The number of aliphatic imine (C=N–C) groups is 1. The van der Waals surface area contributed by atoms with Gasteiger partial charge in [0.15, 0.2) is 5.96 Å². The maximum absolute atomic E-state index is 5.64. The summed E-state index contributed by atoms with van der Waals surface area (Å²) in [6, 6.07) is 3.89. The number of ether oxygens (including phenoxy) is 1. The molecule has 1 aromatic rings. The zero-order valence-electron chi connectivity index (χ0n) is 14.6. The van der Waals surface area contributed by atoms with E-state index in [1.54, 1.807) is 6.26 Å². The predicted octanol–water partition coefficient (Wildman–Crippen LogP) is 3.37. The molecule has 2 N–H and O–H groups in total. The Bertz CT molecular complexity index is 484. The molecule has 6 heteroatoms. The van der Waals surface area contributed by atoms with Gasteiger partial charge >= 0.3 is 0 Å². The van der Waals surface area contributed by atoms with E-state index in [4.69, 9.17) is 9.15 Å². The van der Waals surface area contributed by atoms with Gasteiger partial charge in [-0.25, -0.2) is 4.99 Å². The fourth-order valence-electron chi connectivity index (χ4n) is 2.06. The molecule has 1 aliphatic rings. The highest BCUT2D eigenvalue weighted by Gasteiger charge is 2.20. The Labute approximate surface area is 162 Å². The van der Waals surface area contributed by atoms with Crippen molar-refractivity contribution in [3.8, 4) is 0 Å². The van der Waals surface area contributed by atoms with E-state index >= 15 is 0 Å². The van der Waals surface area contributed by atoms with Crippen molar-refractivity contribution >= 4 is 29.9 Å². The van der Waals surface area contributed by atoms with E-state index in [0.717, 1.165) is 62.4 Å². The number of rotatable bonds is 11. The average molecular weight is 447 g/mol. The lowest BCUT2D eigenvalue weighted by atomic mass is 10.3. The minimum Gasteiger partial charge on any atom is -0.469 e. The van der Waals surface area contributed by atoms with E-state index in [9.17, 15) is 0 Å². The summed E-state index contributed by atoms with van der Waals surface area (Å²) in [7, 11) is 0. The van der Waals surface area contributed by atoms with Crippen molar-refractivity contribution in [3.05, 3.63) is 36.3 Å². The number of halogens is 1. The van der Waals surface area contributed by atoms with Crippen LogP contribution in [-0.4, -0.2) is 38.8 Å². The van der Waals surface area contributed by atoms with E-state index in [2.05, 4.69) is 22.2 Å². The molecule has 2 rings (SSSR count). The van der Waals surface area contributed by atoms with Crippen molar-refractivity contribution in [3.63, 3.8) is 0 Å². The third-order valence-corrected chi connectivity index (χ3v) is 3.56. The second-order valence-electron chi connectivity index (χ2n) is 6.18. The lowest BCUT2D eigenvalue weighted by molar-refractivity contribution is 0.123. The summed E-state index contributed by atoms with van der Waals surface area (Å²) >= 11 is 0. The van der Waals surface area contributed by atoms with Crippen molar-refractivity contribution in [2.45, 2.75) is 32.6 Å². The Morgan fingerprint density at radius 2 is 2.17 bits per heavy atom. The van der Waals surface area contributed by atoms with Gasteiger partial charge in [0.2, 0.25) is 0 Å². The molecule has 1 saturated carbocycles. The van der Waals surface area contributed by atoms with E-state index in [0.29, 0.717) is 6.54 Å². The second kappa shape index (κ2) is 12.4. The fraction of sp³-hybridized carbons (Fsp3) is 0.611. The van der Waals surface area contributed by atoms with Crippen molar-refractivity contribution in [1.29, 1.82) is 0 Å². The Morgan fingerprint density at radius 1 is 1.38 bits per heavy atom. The minimum atomic E-state index is 0. The summed E-state index contributed by atoms with van der Waals surface area (Å²) in [4.78, 5) is 4.52. The van der Waals surface area contributed by atoms with Gasteiger partial charge in [0.05, 0.1) is 12.8 Å². The first-order valence-electron chi connectivity index (χ1n) is 8.50. The zero-order chi connectivity index (χ0) is 16.3. The molecule has 1 aliphatic carbocycles. The normalized spacial score (nSPS) is 14.1. The van der Waals surface area contributed by atoms with Crippen LogP contribution in [0.15, 0.2) is 40.0 Å². The molecule has 0 bridgehead atoms. The first-order chi connectivity index (χ1) is 11.2. The molecule has 0 atom stereocenters. The van der Waals surface area contributed by atoms with Gasteiger partial charge in [-0.1, -0.05) is 12.2 Å². The van der Waals surface area contributed by atoms with Crippen molar-refractivity contribution in [2.24, 2.45) is 10.9 Å². The number of hydrogen-bond donors (Lipinski definition) is 2. The van der Waals surface area contributed by atoms with E-state index < -0.39 is 0 Å². The van der Waals surface area contributed by atoms with Crippen molar-refractivity contribution in [2.75, 3.05) is 32.8 Å². The molecule has 0 saturated heterocycles. The SMILES string of the molecule is C=C(C)CN=C(NCCCOCC1CC1)NCCc1ccco1.I. The van der Waals surface area contributed by atoms with Crippen LogP contribution in [0.5, 0.6) is 0 Å². The quantitative estimate of drug-likeness (QED) is 0.180. The third kappa shape index (κ3) is 9.97. The highest BCUT2D eigenvalue weighted by atomic mass is 127. The lowest BCUT2D eigenvalue weighted by Crippen LogP contribution is -2.39. The van der Waals surface area contributed by atoms with Crippen LogP contribution < -0.4 is 10.6 Å². The van der Waals surface area contributed by atoms with Crippen molar-refractivity contribution < 1.29 is 9.15 Å². The van der Waals surface area contributed by atoms with Gasteiger partial charge in [0, 0.05) is 32.7 Å². The first kappa shape index (κ1) is 21.0. The molecule has 0 aliphatic heterocycles. The van der Waals surface area contributed by atoms with Gasteiger partial charge in [-0.2, -0.15) is 0 Å². The number of hydrogen-bond acceptors (Lipinski definition) is 3. The smallest absolute Gasteiger partial charge is 0.191 e. The number of nitrogens with zero attached hydrogens (tertiary/aromatic N) is 1. The molecule has 24 heavy (non-hydrogen) atoms. The van der Waals surface area contributed by atoms with Crippen LogP contribution in [0.3, 0.4) is 0 Å². The molecule has 1 heterocycles. The van der Waals surface area contributed by atoms with Crippen LogP contribution in [-0.2, 0) is 11.2 Å². The van der Waals surface area contributed by atoms with Crippen LogP contribution in [0.25, 0.3) is 0 Å². The van der Waals surface area contributed by atoms with E-state index in [-0.39, 0.29) is 24.0 Å². The Kier molecular flexibility index (Phi) is 10.8. The molecule has 1 aromatic heterocycles. The average Bonchev–Trinajstić information content (AvgIpc) is 3.21. The highest BCUT2D eigenvalue weighted by Crippen LogP contribution is 2.28. The maximum Gasteiger partial charge on any atom is 0.191 e. The van der Waals surface area contributed by atoms with Gasteiger partial charge < -0.3 is 19.8 Å². The van der Waals surface area contributed by atoms with E-state index in [1.165, 1.54) is 12.8 Å². The molecule has 0 amide bonds. The molecule has 1 fully saturated rings. The van der Waals surface area contributed by atoms with Crippen LogP contribution in [0, 0.1) is 5.92 Å². The summed E-state index contributed by atoms with van der Waals surface area (Å²) in [6.45, 7) is 9.89. The lowest BCUT2D eigenvalue weighted by Gasteiger charge is -2.12. The molecular formula is C18H30IN3O2. The number of nitrogens with one attached hydrogen (secondary N) is 2. The molecule has 0 radical (unpaired) electrons. The van der Waals surface area contributed by atoms with Gasteiger partial charge in [-0.05, 0) is 44.2 Å². The Morgan fingerprint density at radius 3 is 2.83 bits per heavy atom. The van der Waals surface area contributed by atoms with Gasteiger partial charge in [0.25, 0.3) is 0 Å². The summed E-state index contributed by atoms with van der Waals surface area (Å²) in [5.74, 6) is 2.63. The van der Waals surface area contributed by atoms with Gasteiger partial charge in [-0.3, -0.25) is 0 Å². The molecule has 5 nitrogen and oxygen atoms in total. The zero-order valence-corrected chi connectivity index (χ0v) is 16.9. The maximum atomic E-state index is 5.64. The standard InChI is InChI=1S/C18H29N3O2.HI/c1-15(2)13-21-18(20-10-8-17-5-3-12-23-17)19-9-4-11-22-14-16-6-7-16;/h3,5,12,16H,1,4,6-11,13-14H2,2H3,(H2,19,20,21);1H. The topological polar surface area (TPSA) is 58.8 Å². The number of guanidine groups is 1. The highest BCUT2D eigenvalue weighted by molar-refractivity contribution is 14.0. The molecule has 136 valence electrons. The summed E-state index contributed by atoms with van der Waals surface area (Å²) in [5, 5.41) is 6.68. The number of furan rings is 1. The second-order valence-corrected chi connectivity index (χ2v) is 6.18. The van der Waals surface area contributed by atoms with Crippen LogP contribution in [0.2, 0.25) is 0 Å². The van der Waals surface area contributed by atoms with Crippen LogP contribution >= 0.6 is 24.0 Å². The third-order valence-electron chi connectivity index (χ3n) is 3.56. The Balaban J connectivity index is 0.00000288. The monoisotopic (exact) mass is 447 g/mol. The largest absolute Gasteiger partial charge is 0.469 e. The molecule has 0 spiro atoms. The van der Waals surface area contributed by atoms with Crippen LogP contribution in [0.1, 0.15) is 31.9 Å². The van der Waals surface area contributed by atoms with Gasteiger partial charge in [-0.15, -0.1) is 24.0 Å². The molecule has 0 aromatic carbocycles. The fourth-order valence-corrected chi connectivity index (χ4v) is 2.06. The summed E-state index contributed by atoms with van der Waals surface area (Å²) in [6.07, 6.45) is 6.21. The molecule has 0 unspecified atom stereocenters. The van der Waals surface area contributed by atoms with Crippen molar-refractivity contribution in [1.82, 2.24) is 10.6 Å². The minimum absolute atomic E-state index is 0. The van der Waals surface area contributed by atoms with E-state index in [1.807, 2.05) is 19.1 Å². The van der Waals surface area contributed by atoms with Crippen LogP contribution in [0.4, 0.5) is 0 Å². The predicted molar refractivity (Wildman–Crippen MR) is 109 cm³/mol. The van der Waals surface area contributed by atoms with Gasteiger partial charge in [0.1, 0.15) is 5.76 Å².